The van der Waals surface area contributed by atoms with E-state index >= 15 is 0 Å². The van der Waals surface area contributed by atoms with Gasteiger partial charge < -0.3 is 10.6 Å². The third-order valence-corrected chi connectivity index (χ3v) is 5.58. The van der Waals surface area contributed by atoms with E-state index in [0.717, 1.165) is 40.6 Å². The average Bonchev–Trinajstić information content (AvgIpc) is 3.16. The van der Waals surface area contributed by atoms with E-state index in [0.29, 0.717) is 6.54 Å². The molecule has 0 unspecified atom stereocenters. The summed E-state index contributed by atoms with van der Waals surface area (Å²) in [4.78, 5) is 14.4. The van der Waals surface area contributed by atoms with Crippen molar-refractivity contribution in [1.82, 2.24) is 20.6 Å². The van der Waals surface area contributed by atoms with E-state index in [1.54, 1.807) is 34.4 Å². The molecule has 2 aromatic rings. The second-order valence-electron chi connectivity index (χ2n) is 4.49. The molecule has 8 heteroatoms. The lowest BCUT2D eigenvalue weighted by Gasteiger charge is -2.10. The number of nitrogens with zero attached hydrogens (tertiary/aromatic N) is 3. The number of nitrogens with one attached hydrogen (secondary N) is 2. The molecule has 0 aliphatic carbocycles. The summed E-state index contributed by atoms with van der Waals surface area (Å²) in [5.74, 6) is 1.92. The lowest BCUT2D eigenvalue weighted by atomic mass is 10.5. The lowest BCUT2D eigenvalue weighted by Crippen LogP contribution is -2.37. The fourth-order valence-corrected chi connectivity index (χ4v) is 4.04. The summed E-state index contributed by atoms with van der Waals surface area (Å²) < 4.78 is 1.14. The van der Waals surface area contributed by atoms with Gasteiger partial charge in [0.15, 0.2) is 5.96 Å². The van der Waals surface area contributed by atoms with E-state index in [2.05, 4.69) is 39.4 Å². The Hall–Kier alpha value is -1.12. The second kappa shape index (κ2) is 9.81. The Balaban J connectivity index is 1.69. The van der Waals surface area contributed by atoms with Gasteiger partial charge in [-0.1, -0.05) is 11.8 Å². The summed E-state index contributed by atoms with van der Waals surface area (Å²) in [6, 6.07) is 0. The van der Waals surface area contributed by atoms with Gasteiger partial charge in [0.05, 0.1) is 6.54 Å². The zero-order valence-corrected chi connectivity index (χ0v) is 15.3. The quantitative estimate of drug-likeness (QED) is 0.330. The summed E-state index contributed by atoms with van der Waals surface area (Å²) >= 11 is 5.19. The molecule has 0 aliphatic heterocycles. The van der Waals surface area contributed by atoms with E-state index in [1.807, 2.05) is 17.8 Å². The highest BCUT2D eigenvalue weighted by Crippen LogP contribution is 2.20. The highest BCUT2D eigenvalue weighted by Gasteiger charge is 2.01. The highest BCUT2D eigenvalue weighted by molar-refractivity contribution is 8.00. The maximum atomic E-state index is 4.57. The van der Waals surface area contributed by atoms with Gasteiger partial charge in [0.25, 0.3) is 0 Å². The normalized spacial score (nSPS) is 11.6. The number of aliphatic imine (C=N–C) groups is 1. The van der Waals surface area contributed by atoms with Gasteiger partial charge in [-0.15, -0.1) is 22.7 Å². The molecule has 2 rings (SSSR count). The molecule has 0 aromatic carbocycles. The molecule has 0 saturated heterocycles. The van der Waals surface area contributed by atoms with Gasteiger partial charge in [0, 0.05) is 41.5 Å². The van der Waals surface area contributed by atoms with Gasteiger partial charge in [-0.3, -0.25) is 0 Å². The number of thiazole rings is 2. The largest absolute Gasteiger partial charge is 0.357 e. The predicted molar refractivity (Wildman–Crippen MR) is 97.1 cm³/mol. The second-order valence-corrected chi connectivity index (χ2v) is 8.04. The molecule has 0 spiro atoms. The van der Waals surface area contributed by atoms with E-state index in [1.165, 1.54) is 4.88 Å². The van der Waals surface area contributed by atoms with Crippen LogP contribution in [0.3, 0.4) is 0 Å². The summed E-state index contributed by atoms with van der Waals surface area (Å²) in [6.45, 7) is 6.52. The van der Waals surface area contributed by atoms with Crippen LogP contribution in [0.4, 0.5) is 0 Å². The monoisotopic (exact) mass is 355 g/mol. The van der Waals surface area contributed by atoms with Gasteiger partial charge in [-0.05, 0) is 20.3 Å². The summed E-state index contributed by atoms with van der Waals surface area (Å²) in [7, 11) is 0. The molecule has 120 valence electrons. The van der Waals surface area contributed by atoms with Crippen molar-refractivity contribution in [2.24, 2.45) is 4.99 Å². The zero-order valence-electron chi connectivity index (χ0n) is 12.8. The molecule has 0 aliphatic rings. The molecule has 2 aromatic heterocycles. The molecule has 0 atom stereocenters. The van der Waals surface area contributed by atoms with Crippen LogP contribution < -0.4 is 10.6 Å². The smallest absolute Gasteiger partial charge is 0.191 e. The number of thioether (sulfide) groups is 1. The Morgan fingerprint density at radius 2 is 2.27 bits per heavy atom. The van der Waals surface area contributed by atoms with Crippen molar-refractivity contribution >= 4 is 40.4 Å². The first-order valence-electron chi connectivity index (χ1n) is 7.23. The topological polar surface area (TPSA) is 62.2 Å². The van der Waals surface area contributed by atoms with Crippen LogP contribution in [0.15, 0.2) is 27.1 Å². The predicted octanol–water partition coefficient (Wildman–Crippen LogP) is 3.15. The van der Waals surface area contributed by atoms with Crippen LogP contribution in [0.2, 0.25) is 0 Å². The van der Waals surface area contributed by atoms with Gasteiger partial charge in [0.1, 0.15) is 9.35 Å². The number of aromatic nitrogens is 2. The Morgan fingerprint density at radius 3 is 2.95 bits per heavy atom. The van der Waals surface area contributed by atoms with Crippen LogP contribution in [-0.2, 0) is 6.54 Å². The molecular formula is C14H21N5S3. The van der Waals surface area contributed by atoms with E-state index < -0.39 is 0 Å². The first-order valence-corrected chi connectivity index (χ1v) is 9.92. The molecule has 0 amide bonds. The summed E-state index contributed by atoms with van der Waals surface area (Å²) in [6.07, 6.45) is 4.82. The van der Waals surface area contributed by atoms with E-state index in [4.69, 9.17) is 0 Å². The molecule has 0 bridgehead atoms. The fourth-order valence-electron chi connectivity index (χ4n) is 1.68. The molecule has 2 N–H and O–H groups in total. The first kappa shape index (κ1) is 17.2. The van der Waals surface area contributed by atoms with Crippen molar-refractivity contribution in [1.29, 1.82) is 0 Å². The van der Waals surface area contributed by atoms with Crippen LogP contribution in [0.25, 0.3) is 0 Å². The molecular weight excluding hydrogens is 334 g/mol. The van der Waals surface area contributed by atoms with E-state index in [-0.39, 0.29) is 0 Å². The van der Waals surface area contributed by atoms with Gasteiger partial charge in [-0.2, -0.15) is 0 Å². The van der Waals surface area contributed by atoms with Crippen LogP contribution in [-0.4, -0.2) is 34.8 Å². The van der Waals surface area contributed by atoms with E-state index in [9.17, 15) is 0 Å². The van der Waals surface area contributed by atoms with Gasteiger partial charge in [-0.25, -0.2) is 15.0 Å². The van der Waals surface area contributed by atoms with Crippen molar-refractivity contribution < 1.29 is 0 Å². The summed E-state index contributed by atoms with van der Waals surface area (Å²) in [5.41, 5.74) is 0. The van der Waals surface area contributed by atoms with Crippen molar-refractivity contribution in [2.45, 2.75) is 31.2 Å². The van der Waals surface area contributed by atoms with Crippen molar-refractivity contribution in [2.75, 3.05) is 18.8 Å². The van der Waals surface area contributed by atoms with Crippen LogP contribution in [0, 0.1) is 6.92 Å². The minimum Gasteiger partial charge on any atom is -0.357 e. The number of hydrogen-bond donors (Lipinski definition) is 2. The highest BCUT2D eigenvalue weighted by atomic mass is 32.2. The maximum absolute atomic E-state index is 4.57. The number of aryl methyl sites for hydroxylation is 1. The fraction of sp³-hybridized carbons (Fsp3) is 0.500. The number of rotatable bonds is 8. The zero-order chi connectivity index (χ0) is 15.6. The van der Waals surface area contributed by atoms with Crippen molar-refractivity contribution in [3.63, 3.8) is 0 Å². The molecule has 5 nitrogen and oxygen atoms in total. The first-order chi connectivity index (χ1) is 10.8. The molecule has 22 heavy (non-hydrogen) atoms. The Labute approximate surface area is 143 Å². The van der Waals surface area contributed by atoms with Crippen LogP contribution >= 0.6 is 34.4 Å². The van der Waals surface area contributed by atoms with Gasteiger partial charge >= 0.3 is 0 Å². The third kappa shape index (κ3) is 6.33. The van der Waals surface area contributed by atoms with Crippen molar-refractivity contribution in [3.8, 4) is 0 Å². The average molecular weight is 356 g/mol. The number of guanidine groups is 1. The minimum absolute atomic E-state index is 0.627. The number of hydrogen-bond acceptors (Lipinski definition) is 6. The minimum atomic E-state index is 0.627. The Kier molecular flexibility index (Phi) is 7.68. The van der Waals surface area contributed by atoms with Crippen LogP contribution in [0.5, 0.6) is 0 Å². The molecule has 2 heterocycles. The Bertz CT molecular complexity index is 565. The molecule has 0 fully saturated rings. The lowest BCUT2D eigenvalue weighted by molar-refractivity contribution is 0.789. The standard InChI is InChI=1S/C14H21N5S3/c1-3-15-13(19-10-12-18-9-11(2)22-12)16-5-4-7-20-14-17-6-8-21-14/h6,8-9H,3-5,7,10H2,1-2H3,(H2,15,16,19). The molecule has 0 radical (unpaired) electrons. The van der Waals surface area contributed by atoms with Crippen molar-refractivity contribution in [3.05, 3.63) is 27.7 Å². The SMILES string of the molecule is CCNC(=NCc1ncc(C)s1)NCCCSc1nccs1. The van der Waals surface area contributed by atoms with Crippen LogP contribution in [0.1, 0.15) is 23.2 Å². The van der Waals surface area contributed by atoms with Gasteiger partial charge in [0.2, 0.25) is 0 Å². The summed E-state index contributed by atoms with van der Waals surface area (Å²) in [5, 5.41) is 9.69. The molecule has 0 saturated carbocycles. The Morgan fingerprint density at radius 1 is 1.36 bits per heavy atom. The third-order valence-electron chi connectivity index (χ3n) is 2.63. The maximum Gasteiger partial charge on any atom is 0.191 e.